The monoisotopic (exact) mass is 568 g/mol. The average Bonchev–Trinajstić information content (AvgIpc) is 3.01. The molecule has 4 atom stereocenters. The van der Waals surface area contributed by atoms with Crippen LogP contribution in [-0.2, 0) is 16.1 Å². The summed E-state index contributed by atoms with van der Waals surface area (Å²) in [5.41, 5.74) is 4.08. The fourth-order valence-corrected chi connectivity index (χ4v) is 5.78. The van der Waals surface area contributed by atoms with Gasteiger partial charge in [0.1, 0.15) is 0 Å². The normalized spacial score (nSPS) is 20.4. The number of amides is 1. The number of Topliss-reactive ketones (excluding diaryl/α,β-unsaturated/α-hetero) is 1. The Hall–Kier alpha value is -3.82. The van der Waals surface area contributed by atoms with Crippen LogP contribution in [0.25, 0.3) is 0 Å². The zero-order chi connectivity index (χ0) is 28.8. The lowest BCUT2D eigenvalue weighted by atomic mass is 9.91. The number of benzene rings is 3. The summed E-state index contributed by atoms with van der Waals surface area (Å²) in [5.74, 6) is 0.341. The van der Waals surface area contributed by atoms with Gasteiger partial charge < -0.3 is 19.9 Å². The van der Waals surface area contributed by atoms with Gasteiger partial charge in [0.15, 0.2) is 12.1 Å². The summed E-state index contributed by atoms with van der Waals surface area (Å²) in [6.07, 6.45) is 0.659. The summed E-state index contributed by atoms with van der Waals surface area (Å²) in [7, 11) is 0. The number of hydrogen-bond donors (Lipinski definition) is 2. The molecule has 1 saturated heterocycles. The predicted octanol–water partition coefficient (Wildman–Crippen LogP) is 6.61. The maximum Gasteiger partial charge on any atom is 0.255 e. The number of pyridine rings is 1. The van der Waals surface area contributed by atoms with Crippen LogP contribution in [0.3, 0.4) is 0 Å². The second-order valence-corrected chi connectivity index (χ2v) is 11.1. The van der Waals surface area contributed by atoms with Crippen LogP contribution in [0.1, 0.15) is 63.6 Å². The van der Waals surface area contributed by atoms with Crippen molar-refractivity contribution in [1.29, 1.82) is 0 Å². The van der Waals surface area contributed by atoms with E-state index in [0.29, 0.717) is 22.6 Å². The maximum atomic E-state index is 13.1. The van der Waals surface area contributed by atoms with Crippen LogP contribution in [-0.4, -0.2) is 33.6 Å². The summed E-state index contributed by atoms with van der Waals surface area (Å²) in [6.45, 7) is 3.58. The molecule has 210 valence electrons. The molecule has 5 rings (SSSR count). The van der Waals surface area contributed by atoms with Crippen molar-refractivity contribution < 1.29 is 24.2 Å². The molecule has 41 heavy (non-hydrogen) atoms. The van der Waals surface area contributed by atoms with Crippen LogP contribution in [0.4, 0.5) is 5.69 Å². The Morgan fingerprint density at radius 2 is 1.68 bits per heavy atom. The Morgan fingerprint density at radius 3 is 2.41 bits per heavy atom. The number of nitrogens with one attached hydrogen (secondary N) is 1. The van der Waals surface area contributed by atoms with Gasteiger partial charge in [-0.15, -0.1) is 11.8 Å². The first-order chi connectivity index (χ1) is 19.9. The van der Waals surface area contributed by atoms with Crippen LogP contribution in [0.15, 0.2) is 102 Å². The van der Waals surface area contributed by atoms with Crippen molar-refractivity contribution in [3.8, 4) is 0 Å². The second-order valence-electron chi connectivity index (χ2n) is 10.0. The molecule has 3 aromatic carbocycles. The number of anilines is 1. The molecule has 1 fully saturated rings. The van der Waals surface area contributed by atoms with Crippen molar-refractivity contribution in [3.05, 3.63) is 125 Å². The van der Waals surface area contributed by atoms with E-state index in [1.54, 1.807) is 54.4 Å². The highest BCUT2D eigenvalue weighted by molar-refractivity contribution is 7.99. The number of carbonyl (C=O) groups excluding carboxylic acids is 2. The molecule has 0 spiro atoms. The van der Waals surface area contributed by atoms with E-state index >= 15 is 0 Å². The summed E-state index contributed by atoms with van der Waals surface area (Å²) in [5, 5.41) is 13.3. The smallest absolute Gasteiger partial charge is 0.255 e. The Balaban J connectivity index is 1.38. The van der Waals surface area contributed by atoms with Gasteiger partial charge in [0.2, 0.25) is 0 Å². The zero-order valence-electron chi connectivity index (χ0n) is 22.9. The number of aliphatic hydroxyl groups excluding tert-OH is 1. The lowest BCUT2D eigenvalue weighted by Crippen LogP contribution is -2.38. The van der Waals surface area contributed by atoms with Crippen molar-refractivity contribution in [2.24, 2.45) is 5.92 Å². The number of nitrogens with zero attached hydrogens (tertiary/aromatic N) is 1. The maximum absolute atomic E-state index is 13.1. The van der Waals surface area contributed by atoms with Crippen molar-refractivity contribution in [2.45, 2.75) is 44.0 Å². The fraction of sp³-hybridized carbons (Fsp3) is 0.242. The van der Waals surface area contributed by atoms with E-state index in [-0.39, 0.29) is 36.4 Å². The Kier molecular flexibility index (Phi) is 9.26. The molecule has 0 aliphatic carbocycles. The lowest BCUT2D eigenvalue weighted by molar-refractivity contribution is -0.268. The van der Waals surface area contributed by atoms with Gasteiger partial charge in [-0.25, -0.2) is 4.98 Å². The second kappa shape index (κ2) is 13.2. The van der Waals surface area contributed by atoms with Crippen LogP contribution in [0.5, 0.6) is 0 Å². The van der Waals surface area contributed by atoms with E-state index in [1.165, 1.54) is 6.92 Å². The lowest BCUT2D eigenvalue weighted by Gasteiger charge is -2.41. The van der Waals surface area contributed by atoms with E-state index < -0.39 is 6.29 Å². The van der Waals surface area contributed by atoms with Crippen molar-refractivity contribution in [3.63, 3.8) is 0 Å². The van der Waals surface area contributed by atoms with Gasteiger partial charge in [-0.05, 0) is 54.4 Å². The molecule has 0 radical (unpaired) electrons. The number of ketones is 1. The summed E-state index contributed by atoms with van der Waals surface area (Å²) in [4.78, 5) is 29.3. The Morgan fingerprint density at radius 1 is 0.902 bits per heavy atom. The highest BCUT2D eigenvalue weighted by Gasteiger charge is 2.38. The quantitative estimate of drug-likeness (QED) is 0.173. The first-order valence-electron chi connectivity index (χ1n) is 13.5. The highest BCUT2D eigenvalue weighted by atomic mass is 32.2. The SMILES string of the molecule is CC(=O)c1cccc(NC(=O)c2cccc(C3OC(CSc4ccccn4)C(C)C(c4ccc(CO)cc4)O3)c2)c1. The van der Waals surface area contributed by atoms with E-state index in [4.69, 9.17) is 9.47 Å². The summed E-state index contributed by atoms with van der Waals surface area (Å²) < 4.78 is 13.1. The molecular formula is C33H32N2O5S. The zero-order valence-corrected chi connectivity index (χ0v) is 23.7. The number of rotatable bonds is 9. The summed E-state index contributed by atoms with van der Waals surface area (Å²) >= 11 is 1.63. The molecule has 1 aliphatic heterocycles. The number of aromatic nitrogens is 1. The molecule has 0 bridgehead atoms. The molecule has 0 saturated carbocycles. The predicted molar refractivity (Wildman–Crippen MR) is 159 cm³/mol. The van der Waals surface area contributed by atoms with Gasteiger partial charge in [0, 0.05) is 40.2 Å². The van der Waals surface area contributed by atoms with Crippen LogP contribution in [0, 0.1) is 5.92 Å². The Bertz CT molecular complexity index is 1500. The van der Waals surface area contributed by atoms with Gasteiger partial charge in [-0.3, -0.25) is 9.59 Å². The standard InChI is InChI=1S/C33H32N2O5S/c1-21-29(20-41-30-11-3-4-16-34-30)39-33(40-31(21)24-14-12-23(19-36)13-15-24)27-9-5-8-26(17-27)32(38)35-28-10-6-7-25(18-28)22(2)37/h3-18,21,29,31,33,36H,19-20H2,1-2H3,(H,35,38). The molecule has 4 aromatic rings. The number of carbonyl (C=O) groups is 2. The van der Waals surface area contributed by atoms with E-state index in [2.05, 4.69) is 17.2 Å². The van der Waals surface area contributed by atoms with Crippen molar-refractivity contribution in [1.82, 2.24) is 4.98 Å². The Labute approximate surface area is 243 Å². The third-order valence-corrected chi connectivity index (χ3v) is 8.14. The molecule has 1 aromatic heterocycles. The van der Waals surface area contributed by atoms with Gasteiger partial charge >= 0.3 is 0 Å². The van der Waals surface area contributed by atoms with E-state index in [1.807, 2.05) is 54.6 Å². The number of thioether (sulfide) groups is 1. The molecule has 8 heteroatoms. The molecule has 1 amide bonds. The van der Waals surface area contributed by atoms with Gasteiger partial charge in [-0.2, -0.15) is 0 Å². The summed E-state index contributed by atoms with van der Waals surface area (Å²) in [6, 6.07) is 27.7. The highest BCUT2D eigenvalue weighted by Crippen LogP contribution is 2.43. The molecule has 2 N–H and O–H groups in total. The number of aliphatic hydroxyl groups is 1. The first kappa shape index (κ1) is 28.7. The van der Waals surface area contributed by atoms with Gasteiger partial charge in [0.05, 0.1) is 23.8 Å². The fourth-order valence-electron chi connectivity index (χ4n) is 4.76. The van der Waals surface area contributed by atoms with E-state index in [9.17, 15) is 14.7 Å². The van der Waals surface area contributed by atoms with Crippen molar-refractivity contribution >= 4 is 29.1 Å². The third kappa shape index (κ3) is 7.10. The van der Waals surface area contributed by atoms with Crippen LogP contribution >= 0.6 is 11.8 Å². The largest absolute Gasteiger partial charge is 0.392 e. The van der Waals surface area contributed by atoms with Crippen molar-refractivity contribution in [2.75, 3.05) is 11.1 Å². The number of hydrogen-bond acceptors (Lipinski definition) is 7. The van der Waals surface area contributed by atoms with E-state index in [0.717, 1.165) is 21.7 Å². The topological polar surface area (TPSA) is 97.8 Å². The van der Waals surface area contributed by atoms with Gasteiger partial charge in [0.25, 0.3) is 5.91 Å². The van der Waals surface area contributed by atoms with Crippen LogP contribution < -0.4 is 5.32 Å². The molecule has 1 aliphatic rings. The molecular weight excluding hydrogens is 536 g/mol. The number of ether oxygens (including phenoxy) is 2. The molecule has 2 heterocycles. The first-order valence-corrected chi connectivity index (χ1v) is 14.5. The average molecular weight is 569 g/mol. The minimum Gasteiger partial charge on any atom is -0.392 e. The molecule has 7 nitrogen and oxygen atoms in total. The van der Waals surface area contributed by atoms with Crippen LogP contribution in [0.2, 0.25) is 0 Å². The third-order valence-electron chi connectivity index (χ3n) is 7.10. The molecule has 4 unspecified atom stereocenters. The minimum atomic E-state index is -0.697. The van der Waals surface area contributed by atoms with Gasteiger partial charge in [-0.1, -0.05) is 61.5 Å². The minimum absolute atomic E-state index is 0.0235.